The number of halogens is 5. The first-order valence-electron chi connectivity index (χ1n) is 8.09. The number of pyridine rings is 1. The van der Waals surface area contributed by atoms with E-state index in [2.05, 4.69) is 10.3 Å². The summed E-state index contributed by atoms with van der Waals surface area (Å²) in [6, 6.07) is 7.28. The summed E-state index contributed by atoms with van der Waals surface area (Å²) in [7, 11) is -3.67. The van der Waals surface area contributed by atoms with Crippen molar-refractivity contribution in [1.29, 1.82) is 0 Å². The van der Waals surface area contributed by atoms with Crippen LogP contribution < -0.4 is 5.32 Å². The summed E-state index contributed by atoms with van der Waals surface area (Å²) in [4.78, 5) is 16.0. The molecule has 0 saturated heterocycles. The van der Waals surface area contributed by atoms with E-state index in [-0.39, 0.29) is 26.9 Å². The maximum atomic E-state index is 13.1. The number of anilines is 1. The van der Waals surface area contributed by atoms with E-state index in [9.17, 15) is 31.5 Å². The fourth-order valence-corrected chi connectivity index (χ4v) is 3.06. The number of rotatable bonds is 3. The number of fused-ring (bicyclic) bond motifs is 1. The van der Waals surface area contributed by atoms with Gasteiger partial charge in [0.05, 0.1) is 39.9 Å². The van der Waals surface area contributed by atoms with Crippen LogP contribution in [0.2, 0.25) is 10.0 Å². The standard InChI is InChI=1S/C16H10Cl2F3N3O2.CH4O3S/c17-8-3-1-4-9(18)12(8)15(26)22-10-5-2-6-24-11(7-25)13(16(19,20)21)23-14(10)24;1-5(2,3)4/h1-6,25H,7H2,(H,22,26);1H3,(H,2,3,4). The number of aliphatic hydroxyl groups is 1. The fourth-order valence-electron chi connectivity index (χ4n) is 2.49. The summed E-state index contributed by atoms with van der Waals surface area (Å²) in [6.45, 7) is -0.871. The maximum Gasteiger partial charge on any atom is 0.435 e. The van der Waals surface area contributed by atoms with Crippen molar-refractivity contribution in [2.45, 2.75) is 12.8 Å². The molecule has 3 N–H and O–H groups in total. The van der Waals surface area contributed by atoms with Crippen LogP contribution in [0.1, 0.15) is 21.7 Å². The summed E-state index contributed by atoms with van der Waals surface area (Å²) >= 11 is 11.9. The maximum absolute atomic E-state index is 13.1. The second-order valence-electron chi connectivity index (χ2n) is 5.96. The van der Waals surface area contributed by atoms with E-state index in [4.69, 9.17) is 27.8 Å². The summed E-state index contributed by atoms with van der Waals surface area (Å²) in [6.07, 6.45) is -2.73. The Morgan fingerprint density at radius 1 is 1.19 bits per heavy atom. The van der Waals surface area contributed by atoms with Crippen LogP contribution in [0.3, 0.4) is 0 Å². The number of imidazole rings is 1. The first-order valence-corrected chi connectivity index (χ1v) is 10.7. The van der Waals surface area contributed by atoms with Crippen LogP contribution in [0.5, 0.6) is 0 Å². The minimum absolute atomic E-state index is 0.0113. The van der Waals surface area contributed by atoms with Gasteiger partial charge in [-0.05, 0) is 24.3 Å². The molecular weight excluding hydrogens is 486 g/mol. The van der Waals surface area contributed by atoms with Crippen LogP contribution in [-0.4, -0.2) is 39.6 Å². The van der Waals surface area contributed by atoms with Crippen molar-refractivity contribution in [2.75, 3.05) is 11.6 Å². The Bertz CT molecular complexity index is 1200. The predicted octanol–water partition coefficient (Wildman–Crippen LogP) is 3.91. The van der Waals surface area contributed by atoms with Crippen molar-refractivity contribution in [3.63, 3.8) is 0 Å². The lowest BCUT2D eigenvalue weighted by atomic mass is 10.2. The van der Waals surface area contributed by atoms with Gasteiger partial charge < -0.3 is 10.4 Å². The molecule has 8 nitrogen and oxygen atoms in total. The highest BCUT2D eigenvalue weighted by Crippen LogP contribution is 2.34. The lowest BCUT2D eigenvalue weighted by Crippen LogP contribution is -2.14. The number of alkyl halides is 3. The molecule has 0 aliphatic heterocycles. The molecule has 31 heavy (non-hydrogen) atoms. The van der Waals surface area contributed by atoms with E-state index < -0.39 is 40.2 Å². The Kier molecular flexibility index (Phi) is 7.55. The Hall–Kier alpha value is -2.38. The summed E-state index contributed by atoms with van der Waals surface area (Å²) in [5.41, 5.74) is -1.82. The van der Waals surface area contributed by atoms with Gasteiger partial charge in [0.1, 0.15) is 0 Å². The highest BCUT2D eigenvalue weighted by Gasteiger charge is 2.38. The van der Waals surface area contributed by atoms with E-state index in [1.165, 1.54) is 30.5 Å². The first kappa shape index (κ1) is 24.9. The van der Waals surface area contributed by atoms with E-state index in [1.54, 1.807) is 6.07 Å². The molecule has 0 saturated carbocycles. The lowest BCUT2D eigenvalue weighted by molar-refractivity contribution is -0.142. The van der Waals surface area contributed by atoms with E-state index in [0.29, 0.717) is 6.26 Å². The van der Waals surface area contributed by atoms with Gasteiger partial charge in [-0.3, -0.25) is 13.7 Å². The molecule has 14 heteroatoms. The molecule has 0 aliphatic rings. The van der Waals surface area contributed by atoms with Gasteiger partial charge in [0.2, 0.25) is 0 Å². The molecule has 1 amide bonds. The van der Waals surface area contributed by atoms with Gasteiger partial charge in [0.15, 0.2) is 11.3 Å². The number of carbonyl (C=O) groups excluding carboxylic acids is 1. The van der Waals surface area contributed by atoms with Crippen molar-refractivity contribution in [3.8, 4) is 0 Å². The van der Waals surface area contributed by atoms with Gasteiger partial charge in [-0.25, -0.2) is 4.98 Å². The van der Waals surface area contributed by atoms with Gasteiger partial charge >= 0.3 is 6.18 Å². The lowest BCUT2D eigenvalue weighted by Gasteiger charge is -2.09. The molecule has 0 atom stereocenters. The van der Waals surface area contributed by atoms with Crippen LogP contribution in [0.25, 0.3) is 5.65 Å². The number of hydrogen-bond donors (Lipinski definition) is 3. The van der Waals surface area contributed by atoms with Crippen molar-refractivity contribution in [2.24, 2.45) is 0 Å². The number of nitrogens with zero attached hydrogens (tertiary/aromatic N) is 2. The Labute approximate surface area is 184 Å². The third-order valence-corrected chi connectivity index (χ3v) is 4.24. The third kappa shape index (κ3) is 6.31. The molecule has 0 fully saturated rings. The van der Waals surface area contributed by atoms with Crippen molar-refractivity contribution in [1.82, 2.24) is 9.38 Å². The molecule has 2 aromatic heterocycles. The van der Waals surface area contributed by atoms with Gasteiger partial charge in [-0.1, -0.05) is 29.3 Å². The van der Waals surface area contributed by atoms with Crippen LogP contribution in [-0.2, 0) is 22.9 Å². The quantitative estimate of drug-likeness (QED) is 0.469. The molecule has 3 rings (SSSR count). The zero-order chi connectivity index (χ0) is 23.6. The molecule has 0 spiro atoms. The number of aliphatic hydroxyl groups excluding tert-OH is 1. The van der Waals surface area contributed by atoms with E-state index >= 15 is 0 Å². The van der Waals surface area contributed by atoms with Gasteiger partial charge in [0, 0.05) is 6.20 Å². The molecule has 2 heterocycles. The van der Waals surface area contributed by atoms with Gasteiger partial charge in [-0.15, -0.1) is 0 Å². The predicted molar refractivity (Wildman–Crippen MR) is 108 cm³/mol. The number of carbonyl (C=O) groups is 1. The Morgan fingerprint density at radius 2 is 1.74 bits per heavy atom. The number of benzene rings is 1. The average Bonchev–Trinajstić information content (AvgIpc) is 3.00. The van der Waals surface area contributed by atoms with Crippen molar-refractivity contribution < 1.29 is 36.0 Å². The van der Waals surface area contributed by atoms with Crippen LogP contribution in [0.15, 0.2) is 36.5 Å². The van der Waals surface area contributed by atoms with E-state index in [0.717, 1.165) is 4.40 Å². The smallest absolute Gasteiger partial charge is 0.390 e. The van der Waals surface area contributed by atoms with Crippen molar-refractivity contribution >= 4 is 50.6 Å². The van der Waals surface area contributed by atoms with Crippen LogP contribution >= 0.6 is 23.2 Å². The molecule has 1 aromatic carbocycles. The minimum Gasteiger partial charge on any atom is -0.390 e. The molecule has 168 valence electrons. The molecule has 0 radical (unpaired) electrons. The monoisotopic (exact) mass is 499 g/mol. The SMILES string of the molecule is CS(=O)(=O)O.O=C(Nc1cccn2c(CO)c(C(F)(F)F)nc12)c1c(Cl)cccc1Cl. The average molecular weight is 500 g/mol. The summed E-state index contributed by atoms with van der Waals surface area (Å²) in [5, 5.41) is 12.0. The highest BCUT2D eigenvalue weighted by molar-refractivity contribution is 7.85. The molecule has 0 unspecified atom stereocenters. The minimum atomic E-state index is -4.75. The van der Waals surface area contributed by atoms with Gasteiger partial charge in [0.25, 0.3) is 16.0 Å². The van der Waals surface area contributed by atoms with Crippen molar-refractivity contribution in [3.05, 3.63) is 63.5 Å². The Balaban J connectivity index is 0.000000614. The Morgan fingerprint density at radius 3 is 2.23 bits per heavy atom. The third-order valence-electron chi connectivity index (χ3n) is 3.61. The second-order valence-corrected chi connectivity index (χ2v) is 8.24. The largest absolute Gasteiger partial charge is 0.435 e. The second kappa shape index (κ2) is 9.40. The molecule has 3 aromatic rings. The van der Waals surface area contributed by atoms with E-state index in [1.807, 2.05) is 0 Å². The summed E-state index contributed by atoms with van der Waals surface area (Å²) in [5.74, 6) is -0.698. The topological polar surface area (TPSA) is 121 Å². The van der Waals surface area contributed by atoms with Gasteiger partial charge in [-0.2, -0.15) is 21.6 Å². The summed E-state index contributed by atoms with van der Waals surface area (Å²) < 4.78 is 66.3. The zero-order valence-corrected chi connectivity index (χ0v) is 17.8. The number of nitrogens with one attached hydrogen (secondary N) is 1. The number of amides is 1. The molecular formula is C17H14Cl2F3N3O5S. The number of hydrogen-bond acceptors (Lipinski definition) is 5. The van der Waals surface area contributed by atoms with Crippen LogP contribution in [0, 0.1) is 0 Å². The van der Waals surface area contributed by atoms with Crippen LogP contribution in [0.4, 0.5) is 18.9 Å². The zero-order valence-electron chi connectivity index (χ0n) is 15.5. The fraction of sp³-hybridized carbons (Fsp3) is 0.176. The number of aromatic nitrogens is 2. The first-order chi connectivity index (χ1) is 14.2. The normalized spacial score (nSPS) is 11.7. The molecule has 0 aliphatic carbocycles. The molecule has 0 bridgehead atoms. The highest BCUT2D eigenvalue weighted by atomic mass is 35.5.